The van der Waals surface area contributed by atoms with Gasteiger partial charge in [-0.15, -0.1) is 0 Å². The van der Waals surface area contributed by atoms with Crippen molar-refractivity contribution in [3.05, 3.63) is 35.4 Å². The Morgan fingerprint density at radius 2 is 1.71 bits per heavy atom. The molecular weight excluding hydrogens is 258 g/mol. The van der Waals surface area contributed by atoms with Gasteiger partial charge in [0.15, 0.2) is 0 Å². The predicted molar refractivity (Wildman–Crippen MR) is 91.7 cm³/mol. The lowest BCUT2D eigenvalue weighted by molar-refractivity contribution is 0.117. The molecule has 0 radical (unpaired) electrons. The van der Waals surface area contributed by atoms with Crippen molar-refractivity contribution < 1.29 is 4.74 Å². The van der Waals surface area contributed by atoms with Crippen LogP contribution in [0.15, 0.2) is 24.3 Å². The quantitative estimate of drug-likeness (QED) is 0.569. The molecule has 2 heteroatoms. The summed E-state index contributed by atoms with van der Waals surface area (Å²) in [6.07, 6.45) is 6.19. The lowest BCUT2D eigenvalue weighted by atomic mass is 10.1. The molecule has 0 saturated heterocycles. The topological polar surface area (TPSA) is 21.3 Å². The van der Waals surface area contributed by atoms with Crippen LogP contribution in [0, 0.1) is 5.92 Å². The Labute approximate surface area is 131 Å². The summed E-state index contributed by atoms with van der Waals surface area (Å²) in [7, 11) is 0. The Kier molecular flexibility index (Phi) is 10.2. The molecule has 0 fully saturated rings. The van der Waals surface area contributed by atoms with E-state index in [2.05, 4.69) is 50.4 Å². The highest BCUT2D eigenvalue weighted by molar-refractivity contribution is 5.22. The molecule has 120 valence electrons. The fourth-order valence-corrected chi connectivity index (χ4v) is 2.25. The largest absolute Gasteiger partial charge is 0.377 e. The van der Waals surface area contributed by atoms with Crippen LogP contribution in [0.4, 0.5) is 0 Å². The molecule has 1 N–H and O–H groups in total. The van der Waals surface area contributed by atoms with Gasteiger partial charge in [0.1, 0.15) is 0 Å². The van der Waals surface area contributed by atoms with E-state index >= 15 is 0 Å². The van der Waals surface area contributed by atoms with Gasteiger partial charge >= 0.3 is 0 Å². The maximum atomic E-state index is 5.72. The zero-order chi connectivity index (χ0) is 15.3. The first-order valence-electron chi connectivity index (χ1n) is 8.58. The van der Waals surface area contributed by atoms with Gasteiger partial charge in [-0.2, -0.15) is 0 Å². The SMILES string of the molecule is CCCCCCOCc1ccc(CCNCC(C)C)cc1. The van der Waals surface area contributed by atoms with Crippen LogP contribution in [0.5, 0.6) is 0 Å². The second kappa shape index (κ2) is 11.8. The second-order valence-electron chi connectivity index (χ2n) is 6.28. The van der Waals surface area contributed by atoms with E-state index < -0.39 is 0 Å². The van der Waals surface area contributed by atoms with Crippen LogP contribution in [0.1, 0.15) is 57.6 Å². The van der Waals surface area contributed by atoms with Gasteiger partial charge in [0.25, 0.3) is 0 Å². The maximum absolute atomic E-state index is 5.72. The van der Waals surface area contributed by atoms with E-state index in [4.69, 9.17) is 4.74 Å². The number of benzene rings is 1. The van der Waals surface area contributed by atoms with Gasteiger partial charge < -0.3 is 10.1 Å². The number of hydrogen-bond donors (Lipinski definition) is 1. The third-order valence-corrected chi connectivity index (χ3v) is 3.58. The lowest BCUT2D eigenvalue weighted by Crippen LogP contribution is -2.22. The fourth-order valence-electron chi connectivity index (χ4n) is 2.25. The molecule has 21 heavy (non-hydrogen) atoms. The summed E-state index contributed by atoms with van der Waals surface area (Å²) in [6.45, 7) is 10.5. The highest BCUT2D eigenvalue weighted by Crippen LogP contribution is 2.07. The standard InChI is InChI=1S/C19H33NO/c1-4-5-6-7-14-21-16-19-10-8-18(9-11-19)12-13-20-15-17(2)3/h8-11,17,20H,4-7,12-16H2,1-3H3. The monoisotopic (exact) mass is 291 g/mol. The molecule has 0 saturated carbocycles. The van der Waals surface area contributed by atoms with Crippen LogP contribution >= 0.6 is 0 Å². The molecule has 0 atom stereocenters. The Morgan fingerprint density at radius 1 is 1.00 bits per heavy atom. The highest BCUT2D eigenvalue weighted by atomic mass is 16.5. The average Bonchev–Trinajstić information content (AvgIpc) is 2.48. The van der Waals surface area contributed by atoms with Crippen molar-refractivity contribution in [2.45, 2.75) is 59.5 Å². The third-order valence-electron chi connectivity index (χ3n) is 3.58. The zero-order valence-corrected chi connectivity index (χ0v) is 14.2. The predicted octanol–water partition coefficient (Wildman–Crippen LogP) is 4.57. The van der Waals surface area contributed by atoms with Gasteiger partial charge in [-0.1, -0.05) is 64.3 Å². The maximum Gasteiger partial charge on any atom is 0.0716 e. The Hall–Kier alpha value is -0.860. The van der Waals surface area contributed by atoms with E-state index in [-0.39, 0.29) is 0 Å². The molecule has 0 aliphatic rings. The molecule has 0 unspecified atom stereocenters. The summed E-state index contributed by atoms with van der Waals surface area (Å²) in [5, 5.41) is 3.48. The molecule has 1 aromatic carbocycles. The smallest absolute Gasteiger partial charge is 0.0716 e. The van der Waals surface area contributed by atoms with Crippen LogP contribution in [-0.4, -0.2) is 19.7 Å². The van der Waals surface area contributed by atoms with E-state index in [0.717, 1.165) is 38.6 Å². The van der Waals surface area contributed by atoms with E-state index in [9.17, 15) is 0 Å². The molecule has 0 amide bonds. The van der Waals surface area contributed by atoms with E-state index in [1.807, 2.05) is 0 Å². The molecular formula is C19H33NO. The molecule has 1 aromatic rings. The van der Waals surface area contributed by atoms with Gasteiger partial charge in [-0.3, -0.25) is 0 Å². The summed E-state index contributed by atoms with van der Waals surface area (Å²) in [4.78, 5) is 0. The molecule has 0 aromatic heterocycles. The number of nitrogens with one attached hydrogen (secondary N) is 1. The van der Waals surface area contributed by atoms with Crippen LogP contribution < -0.4 is 5.32 Å². The minimum Gasteiger partial charge on any atom is -0.377 e. The van der Waals surface area contributed by atoms with Crippen LogP contribution in [0.2, 0.25) is 0 Å². The summed E-state index contributed by atoms with van der Waals surface area (Å²) < 4.78 is 5.72. The number of unbranched alkanes of at least 4 members (excludes halogenated alkanes) is 3. The first-order chi connectivity index (χ1) is 10.2. The van der Waals surface area contributed by atoms with Crippen LogP contribution in [0.25, 0.3) is 0 Å². The van der Waals surface area contributed by atoms with Gasteiger partial charge in [0.2, 0.25) is 0 Å². The van der Waals surface area contributed by atoms with Crippen molar-refractivity contribution in [2.75, 3.05) is 19.7 Å². The van der Waals surface area contributed by atoms with Gasteiger partial charge in [0, 0.05) is 6.61 Å². The number of hydrogen-bond acceptors (Lipinski definition) is 2. The molecule has 2 nitrogen and oxygen atoms in total. The molecule has 0 aliphatic carbocycles. The highest BCUT2D eigenvalue weighted by Gasteiger charge is 1.97. The van der Waals surface area contributed by atoms with E-state index in [1.165, 1.54) is 36.8 Å². The van der Waals surface area contributed by atoms with Crippen LogP contribution in [-0.2, 0) is 17.8 Å². The van der Waals surface area contributed by atoms with Crippen molar-refractivity contribution in [3.63, 3.8) is 0 Å². The summed E-state index contributed by atoms with van der Waals surface area (Å²) in [5.41, 5.74) is 2.68. The average molecular weight is 291 g/mol. The van der Waals surface area contributed by atoms with Crippen molar-refractivity contribution >= 4 is 0 Å². The normalized spacial score (nSPS) is 11.2. The summed E-state index contributed by atoms with van der Waals surface area (Å²) >= 11 is 0. The Balaban J connectivity index is 2.12. The number of ether oxygens (including phenoxy) is 1. The van der Waals surface area contributed by atoms with Gasteiger partial charge in [-0.25, -0.2) is 0 Å². The van der Waals surface area contributed by atoms with Crippen molar-refractivity contribution in [3.8, 4) is 0 Å². The van der Waals surface area contributed by atoms with Crippen molar-refractivity contribution in [1.82, 2.24) is 5.32 Å². The first kappa shape index (κ1) is 18.2. The van der Waals surface area contributed by atoms with E-state index in [1.54, 1.807) is 0 Å². The number of rotatable bonds is 12. The fraction of sp³-hybridized carbons (Fsp3) is 0.684. The van der Waals surface area contributed by atoms with Gasteiger partial charge in [-0.05, 0) is 43.0 Å². The third kappa shape index (κ3) is 9.65. The summed E-state index contributed by atoms with van der Waals surface area (Å²) in [5.74, 6) is 0.724. The minimum atomic E-state index is 0.724. The van der Waals surface area contributed by atoms with Crippen molar-refractivity contribution in [1.29, 1.82) is 0 Å². The second-order valence-corrected chi connectivity index (χ2v) is 6.28. The molecule has 0 aliphatic heterocycles. The lowest BCUT2D eigenvalue weighted by Gasteiger charge is -2.08. The molecule has 1 rings (SSSR count). The Morgan fingerprint density at radius 3 is 2.38 bits per heavy atom. The molecule has 0 spiro atoms. The molecule has 0 bridgehead atoms. The first-order valence-corrected chi connectivity index (χ1v) is 8.58. The summed E-state index contributed by atoms with van der Waals surface area (Å²) in [6, 6.07) is 8.85. The van der Waals surface area contributed by atoms with Gasteiger partial charge in [0.05, 0.1) is 6.61 Å². The zero-order valence-electron chi connectivity index (χ0n) is 14.2. The van der Waals surface area contributed by atoms with Crippen LogP contribution in [0.3, 0.4) is 0 Å². The molecule has 0 heterocycles. The van der Waals surface area contributed by atoms with E-state index in [0.29, 0.717) is 0 Å². The minimum absolute atomic E-state index is 0.724. The Bertz CT molecular complexity index is 345. The van der Waals surface area contributed by atoms with Crippen molar-refractivity contribution in [2.24, 2.45) is 5.92 Å².